The second kappa shape index (κ2) is 10.2. The number of hydrogen-bond acceptors (Lipinski definition) is 3. The summed E-state index contributed by atoms with van der Waals surface area (Å²) in [7, 11) is 0. The Balaban J connectivity index is 1.76. The lowest BCUT2D eigenvalue weighted by molar-refractivity contribution is 0.267. The van der Waals surface area contributed by atoms with Gasteiger partial charge in [0.25, 0.3) is 0 Å². The van der Waals surface area contributed by atoms with Crippen LogP contribution in [0.15, 0.2) is 53.0 Å². The maximum Gasteiger partial charge on any atom is 0.175 e. The van der Waals surface area contributed by atoms with Crippen LogP contribution in [-0.2, 0) is 13.2 Å². The van der Waals surface area contributed by atoms with Crippen molar-refractivity contribution in [3.8, 4) is 11.5 Å². The second-order valence-corrected chi connectivity index (χ2v) is 8.28. The number of benzene rings is 3. The molecule has 0 fully saturated rings. The van der Waals surface area contributed by atoms with E-state index in [0.717, 1.165) is 15.7 Å². The first-order chi connectivity index (χ1) is 14.4. The molecule has 0 heterocycles. The Labute approximate surface area is 190 Å². The molecule has 3 aromatic carbocycles. The molecule has 3 nitrogen and oxygen atoms in total. The van der Waals surface area contributed by atoms with Gasteiger partial charge in [0.1, 0.15) is 12.4 Å². The van der Waals surface area contributed by atoms with Crippen molar-refractivity contribution in [2.45, 2.75) is 33.9 Å². The Bertz CT molecular complexity index is 1040. The SMILES string of the molecule is CCOc1cc(CNc2ccc(C)c(C)c2)cc(Br)c1OCc1ccc(F)cc1Cl. The number of anilines is 1. The van der Waals surface area contributed by atoms with E-state index in [1.807, 2.05) is 19.1 Å². The summed E-state index contributed by atoms with van der Waals surface area (Å²) in [6.45, 7) is 7.48. The van der Waals surface area contributed by atoms with E-state index in [9.17, 15) is 4.39 Å². The first-order valence-electron chi connectivity index (χ1n) is 9.70. The van der Waals surface area contributed by atoms with Crippen LogP contribution in [0.1, 0.15) is 29.2 Å². The highest BCUT2D eigenvalue weighted by molar-refractivity contribution is 9.10. The maximum atomic E-state index is 13.3. The molecule has 0 bridgehead atoms. The van der Waals surface area contributed by atoms with E-state index in [2.05, 4.69) is 53.3 Å². The summed E-state index contributed by atoms with van der Waals surface area (Å²) >= 11 is 9.70. The number of hydrogen-bond donors (Lipinski definition) is 1. The molecular weight excluding hydrogens is 469 g/mol. The quantitative estimate of drug-likeness (QED) is 0.354. The molecule has 0 aliphatic heterocycles. The Morgan fingerprint density at radius 3 is 2.50 bits per heavy atom. The monoisotopic (exact) mass is 491 g/mol. The molecule has 6 heteroatoms. The molecule has 1 N–H and O–H groups in total. The second-order valence-electron chi connectivity index (χ2n) is 7.01. The molecule has 0 atom stereocenters. The Morgan fingerprint density at radius 1 is 1.00 bits per heavy atom. The van der Waals surface area contributed by atoms with Crippen LogP contribution in [-0.4, -0.2) is 6.61 Å². The van der Waals surface area contributed by atoms with Crippen molar-refractivity contribution in [3.05, 3.63) is 86.1 Å². The van der Waals surface area contributed by atoms with Gasteiger partial charge in [-0.3, -0.25) is 0 Å². The van der Waals surface area contributed by atoms with Crippen LogP contribution in [0.5, 0.6) is 11.5 Å². The van der Waals surface area contributed by atoms with Gasteiger partial charge < -0.3 is 14.8 Å². The molecule has 0 amide bonds. The third-order valence-corrected chi connectivity index (χ3v) is 5.70. The minimum absolute atomic E-state index is 0.206. The van der Waals surface area contributed by atoms with Gasteiger partial charge in [0.2, 0.25) is 0 Å². The molecule has 0 aromatic heterocycles. The predicted octanol–water partition coefficient (Wildman–Crippen LogP) is 7.45. The van der Waals surface area contributed by atoms with Crippen LogP contribution >= 0.6 is 27.5 Å². The number of halogens is 3. The minimum Gasteiger partial charge on any atom is -0.490 e. The van der Waals surface area contributed by atoms with Crippen LogP contribution < -0.4 is 14.8 Å². The van der Waals surface area contributed by atoms with Gasteiger partial charge in [-0.2, -0.15) is 0 Å². The zero-order valence-electron chi connectivity index (χ0n) is 17.2. The van der Waals surface area contributed by atoms with E-state index in [1.165, 1.54) is 23.3 Å². The summed E-state index contributed by atoms with van der Waals surface area (Å²) in [5.74, 6) is 0.856. The standard InChI is InChI=1S/C24H24BrClFNO2/c1-4-29-23-11-17(13-28-20-8-5-15(2)16(3)9-20)10-21(25)24(23)30-14-18-6-7-19(27)12-22(18)26/h5-12,28H,4,13-14H2,1-3H3. The summed E-state index contributed by atoms with van der Waals surface area (Å²) in [5.41, 5.74) is 5.34. The van der Waals surface area contributed by atoms with Crippen molar-refractivity contribution in [1.29, 1.82) is 0 Å². The van der Waals surface area contributed by atoms with Gasteiger partial charge in [-0.25, -0.2) is 4.39 Å². The van der Waals surface area contributed by atoms with Crippen LogP contribution in [0.2, 0.25) is 5.02 Å². The van der Waals surface area contributed by atoms with Gasteiger partial charge in [-0.1, -0.05) is 23.7 Å². The van der Waals surface area contributed by atoms with E-state index in [-0.39, 0.29) is 12.4 Å². The molecule has 0 spiro atoms. The summed E-state index contributed by atoms with van der Waals surface area (Å²) in [5, 5.41) is 3.78. The van der Waals surface area contributed by atoms with Gasteiger partial charge in [-0.05, 0) is 89.8 Å². The largest absolute Gasteiger partial charge is 0.490 e. The third-order valence-electron chi connectivity index (χ3n) is 4.76. The summed E-state index contributed by atoms with van der Waals surface area (Å²) < 4.78 is 25.8. The van der Waals surface area contributed by atoms with Crippen LogP contribution in [0.4, 0.5) is 10.1 Å². The van der Waals surface area contributed by atoms with E-state index in [0.29, 0.717) is 35.2 Å². The van der Waals surface area contributed by atoms with Crippen LogP contribution in [0.25, 0.3) is 0 Å². The average molecular weight is 493 g/mol. The molecule has 0 saturated carbocycles. The van der Waals surface area contributed by atoms with Crippen molar-refractivity contribution in [1.82, 2.24) is 0 Å². The third kappa shape index (κ3) is 5.67. The van der Waals surface area contributed by atoms with Gasteiger partial charge in [-0.15, -0.1) is 0 Å². The Morgan fingerprint density at radius 2 is 1.80 bits per heavy atom. The average Bonchev–Trinajstić information content (AvgIpc) is 2.70. The number of aryl methyl sites for hydroxylation is 2. The Hall–Kier alpha value is -2.24. The van der Waals surface area contributed by atoms with Crippen LogP contribution in [0, 0.1) is 19.7 Å². The molecule has 0 radical (unpaired) electrons. The number of rotatable bonds is 8. The fourth-order valence-corrected chi connectivity index (χ4v) is 3.80. The first-order valence-corrected chi connectivity index (χ1v) is 10.9. The van der Waals surface area contributed by atoms with E-state index in [4.69, 9.17) is 21.1 Å². The van der Waals surface area contributed by atoms with Crippen molar-refractivity contribution < 1.29 is 13.9 Å². The topological polar surface area (TPSA) is 30.5 Å². The van der Waals surface area contributed by atoms with Gasteiger partial charge >= 0.3 is 0 Å². The van der Waals surface area contributed by atoms with E-state index in [1.54, 1.807) is 6.07 Å². The highest BCUT2D eigenvalue weighted by Gasteiger charge is 2.14. The van der Waals surface area contributed by atoms with Crippen molar-refractivity contribution in [2.24, 2.45) is 0 Å². The summed E-state index contributed by atoms with van der Waals surface area (Å²) in [6, 6.07) is 14.5. The number of ether oxygens (including phenoxy) is 2. The number of nitrogens with one attached hydrogen (secondary N) is 1. The molecule has 30 heavy (non-hydrogen) atoms. The summed E-state index contributed by atoms with van der Waals surface area (Å²) in [4.78, 5) is 0. The fourth-order valence-electron chi connectivity index (χ4n) is 2.97. The van der Waals surface area contributed by atoms with Gasteiger partial charge in [0, 0.05) is 17.8 Å². The lowest BCUT2D eigenvalue weighted by Gasteiger charge is -2.17. The van der Waals surface area contributed by atoms with E-state index < -0.39 is 0 Å². The highest BCUT2D eigenvalue weighted by Crippen LogP contribution is 2.38. The molecule has 158 valence electrons. The van der Waals surface area contributed by atoms with Gasteiger partial charge in [0.15, 0.2) is 11.5 Å². The van der Waals surface area contributed by atoms with Crippen molar-refractivity contribution in [3.63, 3.8) is 0 Å². The zero-order chi connectivity index (χ0) is 21.7. The molecule has 0 unspecified atom stereocenters. The molecule has 0 aliphatic rings. The Kier molecular flexibility index (Phi) is 7.62. The van der Waals surface area contributed by atoms with Gasteiger partial charge in [0.05, 0.1) is 16.1 Å². The lowest BCUT2D eigenvalue weighted by Crippen LogP contribution is -2.04. The molecule has 0 aliphatic carbocycles. The first kappa shape index (κ1) is 22.4. The molecular formula is C24H24BrClFNO2. The van der Waals surface area contributed by atoms with Crippen LogP contribution in [0.3, 0.4) is 0 Å². The maximum absolute atomic E-state index is 13.3. The fraction of sp³-hybridized carbons (Fsp3) is 0.250. The predicted molar refractivity (Wildman–Crippen MR) is 124 cm³/mol. The zero-order valence-corrected chi connectivity index (χ0v) is 19.5. The van der Waals surface area contributed by atoms with Crippen molar-refractivity contribution in [2.75, 3.05) is 11.9 Å². The molecule has 3 rings (SSSR count). The normalized spacial score (nSPS) is 10.7. The lowest BCUT2D eigenvalue weighted by atomic mass is 10.1. The highest BCUT2D eigenvalue weighted by atomic mass is 79.9. The molecule has 0 saturated heterocycles. The smallest absolute Gasteiger partial charge is 0.175 e. The molecule has 3 aromatic rings. The summed E-state index contributed by atoms with van der Waals surface area (Å²) in [6.07, 6.45) is 0. The minimum atomic E-state index is -0.374. The van der Waals surface area contributed by atoms with E-state index >= 15 is 0 Å². The van der Waals surface area contributed by atoms with Crippen molar-refractivity contribution >= 4 is 33.2 Å².